The lowest BCUT2D eigenvalue weighted by Crippen LogP contribution is -2.71. The van der Waals surface area contributed by atoms with Gasteiger partial charge in [-0.05, 0) is 0 Å². The third-order valence-corrected chi connectivity index (χ3v) is 8.26. The zero-order valence-corrected chi connectivity index (χ0v) is 16.3. The Labute approximate surface area is 161 Å². The first kappa shape index (κ1) is 18.4. The van der Waals surface area contributed by atoms with Crippen molar-refractivity contribution in [3.8, 4) is 0 Å². The molecule has 5 aliphatic rings. The topological polar surface area (TPSA) is 13.0 Å². The summed E-state index contributed by atoms with van der Waals surface area (Å²) in [6.07, 6.45) is 0. The van der Waals surface area contributed by atoms with Gasteiger partial charge in [0.25, 0.3) is 0 Å². The normalized spacial score (nSPS) is 56.5. The van der Waals surface area contributed by atoms with Gasteiger partial charge in [0.05, 0.1) is 72.3 Å². The maximum atomic E-state index is 5.88. The lowest BCUT2D eigenvalue weighted by atomic mass is 9.97. The van der Waals surface area contributed by atoms with E-state index in [1.807, 2.05) is 0 Å². The van der Waals surface area contributed by atoms with Crippen molar-refractivity contribution < 1.29 is 0 Å². The average molecular weight is 431 g/mol. The molecule has 0 N–H and O–H groups in total. The standard InChI is InChI=1S/C6H6Cl6.C6H12N4/c7-1-2(8)4(10)6(12)5(11)3(1)9;1-7-2-9-4-8(1)5-10(3-7)6-9/h1-6H;1-6H2. The minimum absolute atomic E-state index is 0.437. The largest absolute Gasteiger partial charge is 0.264 e. The molecule has 0 atom stereocenters. The van der Waals surface area contributed by atoms with Gasteiger partial charge in [0, 0.05) is 0 Å². The third-order valence-electron chi connectivity index (χ3n) is 4.23. The number of hydrogen-bond donors (Lipinski definition) is 0. The van der Waals surface area contributed by atoms with E-state index in [9.17, 15) is 0 Å². The SMILES string of the molecule is C1N2CN3CN1CN(C2)C3.ClC1C(Cl)C(Cl)C(Cl)C(Cl)C1Cl. The molecule has 10 heteroatoms. The Bertz CT molecular complexity index is 287. The Kier molecular flexibility index (Phi) is 6.22. The molecule has 0 unspecified atom stereocenters. The summed E-state index contributed by atoms with van der Waals surface area (Å²) in [5, 5.41) is -2.62. The van der Waals surface area contributed by atoms with Crippen LogP contribution in [0.15, 0.2) is 0 Å². The summed E-state index contributed by atoms with van der Waals surface area (Å²) >= 11 is 35.3. The average Bonchev–Trinajstić information content (AvgIpc) is 2.48. The van der Waals surface area contributed by atoms with Crippen LogP contribution in [0.1, 0.15) is 0 Å². The van der Waals surface area contributed by atoms with Gasteiger partial charge >= 0.3 is 0 Å². The number of hydrogen-bond acceptors (Lipinski definition) is 4. The molecule has 0 aromatic heterocycles. The van der Waals surface area contributed by atoms with E-state index in [1.165, 1.54) is 40.0 Å². The molecule has 128 valence electrons. The fourth-order valence-electron chi connectivity index (χ4n) is 3.29. The van der Waals surface area contributed by atoms with Crippen LogP contribution in [0.2, 0.25) is 0 Å². The van der Waals surface area contributed by atoms with Crippen LogP contribution in [0.4, 0.5) is 0 Å². The zero-order valence-electron chi connectivity index (χ0n) is 11.8. The molecule has 4 heterocycles. The first-order valence-corrected chi connectivity index (χ1v) is 9.72. The van der Waals surface area contributed by atoms with E-state index < -0.39 is 32.3 Å². The van der Waals surface area contributed by atoms with Crippen LogP contribution in [-0.4, -0.2) is 91.9 Å². The van der Waals surface area contributed by atoms with Gasteiger partial charge in [-0.1, -0.05) is 0 Å². The van der Waals surface area contributed by atoms with Gasteiger partial charge in [-0.25, -0.2) is 0 Å². The predicted molar refractivity (Wildman–Crippen MR) is 94.4 cm³/mol. The monoisotopic (exact) mass is 428 g/mol. The lowest BCUT2D eigenvalue weighted by Gasteiger charge is -2.56. The Balaban J connectivity index is 0.000000132. The third kappa shape index (κ3) is 3.72. The molecule has 4 bridgehead atoms. The summed E-state index contributed by atoms with van der Waals surface area (Å²) in [5.74, 6) is 0. The van der Waals surface area contributed by atoms with Gasteiger partial charge in [-0.2, -0.15) is 0 Å². The van der Waals surface area contributed by atoms with Crippen LogP contribution >= 0.6 is 69.6 Å². The summed E-state index contributed by atoms with van der Waals surface area (Å²) in [4.78, 5) is 9.88. The van der Waals surface area contributed by atoms with E-state index in [0.29, 0.717) is 0 Å². The van der Waals surface area contributed by atoms with E-state index in [2.05, 4.69) is 19.6 Å². The highest BCUT2D eigenvalue weighted by Crippen LogP contribution is 2.39. The number of nitrogens with zero attached hydrogens (tertiary/aromatic N) is 4. The number of halogens is 6. The molecule has 4 aliphatic heterocycles. The molecule has 0 amide bonds. The van der Waals surface area contributed by atoms with Crippen LogP contribution in [-0.2, 0) is 0 Å². The first-order valence-electron chi connectivity index (χ1n) is 7.10. The summed E-state index contributed by atoms with van der Waals surface area (Å²) in [7, 11) is 0. The van der Waals surface area contributed by atoms with Crippen LogP contribution in [0, 0.1) is 0 Å². The molecule has 22 heavy (non-hydrogen) atoms. The second-order valence-electron chi connectivity index (χ2n) is 6.20. The van der Waals surface area contributed by atoms with Crippen LogP contribution in [0.25, 0.3) is 0 Å². The summed E-state index contributed by atoms with van der Waals surface area (Å²) in [5.41, 5.74) is 0. The highest BCUT2D eigenvalue weighted by atomic mass is 35.5. The second kappa shape index (κ2) is 7.45. The van der Waals surface area contributed by atoms with Crippen molar-refractivity contribution in [3.05, 3.63) is 0 Å². The molecule has 4 nitrogen and oxygen atoms in total. The number of rotatable bonds is 0. The smallest absolute Gasteiger partial charge is 0.0693 e. The Morgan fingerprint density at radius 3 is 0.636 bits per heavy atom. The zero-order chi connectivity index (χ0) is 16.0. The molecule has 0 aromatic carbocycles. The van der Waals surface area contributed by atoms with Gasteiger partial charge < -0.3 is 0 Å². The van der Waals surface area contributed by atoms with Gasteiger partial charge in [0.2, 0.25) is 0 Å². The molecule has 4 saturated heterocycles. The minimum atomic E-state index is -0.437. The maximum Gasteiger partial charge on any atom is 0.0693 e. The second-order valence-corrected chi connectivity index (χ2v) is 9.22. The van der Waals surface area contributed by atoms with E-state index in [1.54, 1.807) is 0 Å². The van der Waals surface area contributed by atoms with Crippen molar-refractivity contribution in [1.29, 1.82) is 0 Å². The molecule has 5 rings (SSSR count). The van der Waals surface area contributed by atoms with Crippen molar-refractivity contribution in [2.45, 2.75) is 32.3 Å². The maximum absolute atomic E-state index is 5.88. The van der Waals surface area contributed by atoms with Crippen LogP contribution in [0.3, 0.4) is 0 Å². The fourth-order valence-corrected chi connectivity index (χ4v) is 5.62. The van der Waals surface area contributed by atoms with Gasteiger partial charge in [0.1, 0.15) is 0 Å². The molecule has 1 saturated carbocycles. The Morgan fingerprint density at radius 2 is 0.500 bits per heavy atom. The molecule has 0 radical (unpaired) electrons. The lowest BCUT2D eigenvalue weighted by molar-refractivity contribution is -0.194. The number of alkyl halides is 6. The minimum Gasteiger partial charge on any atom is -0.264 e. The molecule has 0 aromatic rings. The van der Waals surface area contributed by atoms with Crippen molar-refractivity contribution in [2.24, 2.45) is 0 Å². The highest BCUT2D eigenvalue weighted by molar-refractivity contribution is 6.45. The van der Waals surface area contributed by atoms with E-state index in [-0.39, 0.29) is 0 Å². The molecule has 1 aliphatic carbocycles. The first-order chi connectivity index (χ1) is 10.4. The molecule has 0 spiro atoms. The van der Waals surface area contributed by atoms with E-state index in [0.717, 1.165) is 0 Å². The molecular formula is C12H18Cl6N4. The van der Waals surface area contributed by atoms with E-state index in [4.69, 9.17) is 69.6 Å². The van der Waals surface area contributed by atoms with Gasteiger partial charge in [-0.3, -0.25) is 19.6 Å². The van der Waals surface area contributed by atoms with Gasteiger partial charge in [0.15, 0.2) is 0 Å². The van der Waals surface area contributed by atoms with Crippen molar-refractivity contribution in [1.82, 2.24) is 19.6 Å². The fraction of sp³-hybridized carbons (Fsp3) is 1.00. The summed E-state index contributed by atoms with van der Waals surface area (Å²) in [6.45, 7) is 7.12. The quantitative estimate of drug-likeness (QED) is 0.548. The van der Waals surface area contributed by atoms with Crippen molar-refractivity contribution in [3.63, 3.8) is 0 Å². The highest BCUT2D eigenvalue weighted by Gasteiger charge is 2.46. The Morgan fingerprint density at radius 1 is 0.364 bits per heavy atom. The van der Waals surface area contributed by atoms with Crippen LogP contribution in [0.5, 0.6) is 0 Å². The van der Waals surface area contributed by atoms with Crippen molar-refractivity contribution >= 4 is 69.6 Å². The van der Waals surface area contributed by atoms with Crippen LogP contribution < -0.4 is 0 Å². The predicted octanol–water partition coefficient (Wildman–Crippen LogP) is 2.62. The van der Waals surface area contributed by atoms with E-state index >= 15 is 0 Å². The Hall–Kier alpha value is 1.58. The molecule has 5 fully saturated rings. The summed E-state index contributed by atoms with van der Waals surface area (Å²) in [6, 6.07) is 0. The molecular weight excluding hydrogens is 413 g/mol. The summed E-state index contributed by atoms with van der Waals surface area (Å²) < 4.78 is 0. The van der Waals surface area contributed by atoms with Crippen molar-refractivity contribution in [2.75, 3.05) is 40.0 Å². The van der Waals surface area contributed by atoms with Gasteiger partial charge in [-0.15, -0.1) is 69.6 Å².